The lowest BCUT2D eigenvalue weighted by atomic mass is 9.95. The molecule has 3 rings (SSSR count). The van der Waals surface area contributed by atoms with Crippen molar-refractivity contribution < 1.29 is 29.5 Å². The number of benzene rings is 2. The van der Waals surface area contributed by atoms with Crippen molar-refractivity contribution in [1.82, 2.24) is 4.90 Å². The van der Waals surface area contributed by atoms with Crippen molar-refractivity contribution in [3.8, 4) is 0 Å². The molecule has 2 aromatic rings. The molecule has 1 saturated heterocycles. The Balaban J connectivity index is 2.14. The molecule has 0 unspecified atom stereocenters. The lowest BCUT2D eigenvalue weighted by Crippen LogP contribution is -2.34. The molecule has 0 spiro atoms. The first-order chi connectivity index (χ1) is 14.2. The Bertz CT molecular complexity index is 1060. The maximum absolute atomic E-state index is 12.7. The molecular weight excluding hydrogens is 416 g/mol. The van der Waals surface area contributed by atoms with Gasteiger partial charge in [0.25, 0.3) is 17.4 Å². The molecule has 154 valence electrons. The molecule has 10 heteroatoms. The summed E-state index contributed by atoms with van der Waals surface area (Å²) in [7, 11) is 0. The number of aliphatic carboxylic acids is 1. The van der Waals surface area contributed by atoms with Crippen LogP contribution in [0.4, 0.5) is 5.69 Å². The summed E-state index contributed by atoms with van der Waals surface area (Å²) in [5, 5.41) is 33.0. The number of nitro benzene ring substituents is 1. The number of aliphatic hydroxyl groups excluding tert-OH is 1. The molecule has 0 saturated carbocycles. The highest BCUT2D eigenvalue weighted by atomic mass is 35.5. The van der Waals surface area contributed by atoms with Crippen LogP contribution in [0.2, 0.25) is 5.02 Å². The van der Waals surface area contributed by atoms with Crippen LogP contribution in [-0.2, 0) is 14.4 Å². The maximum atomic E-state index is 12.7. The van der Waals surface area contributed by atoms with Gasteiger partial charge in [0.1, 0.15) is 5.76 Å². The second-order valence-corrected chi connectivity index (χ2v) is 6.91. The number of likely N-dealkylation sites (tertiary alicyclic amines) is 1. The van der Waals surface area contributed by atoms with E-state index in [1.54, 1.807) is 0 Å². The van der Waals surface area contributed by atoms with E-state index in [1.165, 1.54) is 48.5 Å². The van der Waals surface area contributed by atoms with Crippen LogP contribution in [0.1, 0.15) is 23.6 Å². The molecule has 1 aliphatic heterocycles. The lowest BCUT2D eigenvalue weighted by Gasteiger charge is -2.25. The third-order valence-electron chi connectivity index (χ3n) is 4.63. The standard InChI is InChI=1S/C20H15ClN2O7/c21-13-5-1-12(2-6-13)18(26)16-17(11-3-7-14(8-4-11)23(29)30)22(10-9-15(24)25)20(28)19(16)27/h1-8,17,26H,9-10H2,(H,24,25)/p-1/t17-/m1/s1. The molecule has 1 heterocycles. The van der Waals surface area contributed by atoms with Crippen LogP contribution >= 0.6 is 11.6 Å². The number of carbonyl (C=O) groups is 3. The van der Waals surface area contributed by atoms with E-state index in [1.807, 2.05) is 0 Å². The van der Waals surface area contributed by atoms with Gasteiger partial charge in [0, 0.05) is 41.7 Å². The third kappa shape index (κ3) is 4.01. The number of hydrogen-bond acceptors (Lipinski definition) is 7. The molecular formula is C20H14ClN2O7-. The van der Waals surface area contributed by atoms with E-state index in [4.69, 9.17) is 11.6 Å². The zero-order valence-corrected chi connectivity index (χ0v) is 16.0. The first-order valence-corrected chi connectivity index (χ1v) is 9.07. The largest absolute Gasteiger partial charge is 0.550 e. The average molecular weight is 430 g/mol. The smallest absolute Gasteiger partial charge is 0.295 e. The van der Waals surface area contributed by atoms with E-state index < -0.39 is 40.8 Å². The first-order valence-electron chi connectivity index (χ1n) is 8.69. The van der Waals surface area contributed by atoms with Gasteiger partial charge in [-0.15, -0.1) is 0 Å². The molecule has 1 aliphatic rings. The number of nitrogens with zero attached hydrogens (tertiary/aromatic N) is 2. The molecule has 1 fully saturated rings. The van der Waals surface area contributed by atoms with E-state index in [2.05, 4.69) is 0 Å². The summed E-state index contributed by atoms with van der Waals surface area (Å²) in [5.41, 5.74) is 0.0653. The van der Waals surface area contributed by atoms with Crippen LogP contribution in [0.25, 0.3) is 5.76 Å². The van der Waals surface area contributed by atoms with E-state index >= 15 is 0 Å². The summed E-state index contributed by atoms with van der Waals surface area (Å²) in [6, 6.07) is 9.84. The van der Waals surface area contributed by atoms with Crippen molar-refractivity contribution in [1.29, 1.82) is 0 Å². The second kappa shape index (κ2) is 8.34. The van der Waals surface area contributed by atoms with Crippen LogP contribution in [-0.4, -0.2) is 39.1 Å². The van der Waals surface area contributed by atoms with Gasteiger partial charge in [-0.25, -0.2) is 0 Å². The minimum atomic E-state index is -1.42. The predicted octanol–water partition coefficient (Wildman–Crippen LogP) is 1.81. The number of aliphatic hydroxyl groups is 1. The summed E-state index contributed by atoms with van der Waals surface area (Å²) >= 11 is 5.84. The Hall–Kier alpha value is -3.72. The number of nitro groups is 1. The zero-order chi connectivity index (χ0) is 22.0. The maximum Gasteiger partial charge on any atom is 0.295 e. The predicted molar refractivity (Wildman–Crippen MR) is 103 cm³/mol. The highest BCUT2D eigenvalue weighted by Gasteiger charge is 2.45. The number of halogens is 1. The van der Waals surface area contributed by atoms with Gasteiger partial charge in [-0.1, -0.05) is 11.6 Å². The Morgan fingerprint density at radius 1 is 1.10 bits per heavy atom. The van der Waals surface area contributed by atoms with Crippen LogP contribution < -0.4 is 5.11 Å². The Labute approximate surface area is 175 Å². The monoisotopic (exact) mass is 429 g/mol. The molecule has 0 aliphatic carbocycles. The van der Waals surface area contributed by atoms with Crippen molar-refractivity contribution >= 4 is 40.7 Å². The molecule has 0 aromatic heterocycles. The fraction of sp³-hybridized carbons (Fsp3) is 0.150. The van der Waals surface area contributed by atoms with Gasteiger partial charge in [-0.2, -0.15) is 0 Å². The quantitative estimate of drug-likeness (QED) is 0.242. The van der Waals surface area contributed by atoms with E-state index in [0.29, 0.717) is 10.6 Å². The minimum absolute atomic E-state index is 0.205. The molecule has 1 amide bonds. The number of carboxylic acid groups (broad SMARTS) is 1. The highest BCUT2D eigenvalue weighted by Crippen LogP contribution is 2.39. The van der Waals surface area contributed by atoms with Crippen molar-refractivity contribution in [2.45, 2.75) is 12.5 Å². The van der Waals surface area contributed by atoms with Gasteiger partial charge in [-0.3, -0.25) is 19.7 Å². The zero-order valence-electron chi connectivity index (χ0n) is 15.3. The van der Waals surface area contributed by atoms with E-state index in [0.717, 1.165) is 4.90 Å². The van der Waals surface area contributed by atoms with Crippen LogP contribution in [0.15, 0.2) is 54.1 Å². The highest BCUT2D eigenvalue weighted by molar-refractivity contribution is 6.46. The molecule has 0 bridgehead atoms. The van der Waals surface area contributed by atoms with E-state index in [-0.39, 0.29) is 23.4 Å². The number of rotatable bonds is 6. The number of carbonyl (C=O) groups excluding carboxylic acids is 3. The normalized spacial score (nSPS) is 17.9. The number of amides is 1. The summed E-state index contributed by atoms with van der Waals surface area (Å²) in [6.45, 7) is -0.341. The summed E-state index contributed by atoms with van der Waals surface area (Å²) in [4.78, 5) is 47.5. The fourth-order valence-electron chi connectivity index (χ4n) is 3.21. The van der Waals surface area contributed by atoms with Gasteiger partial charge >= 0.3 is 0 Å². The topological polar surface area (TPSA) is 141 Å². The number of Topliss-reactive ketones (excluding diaryl/α,β-unsaturated/α-hetero) is 1. The van der Waals surface area contributed by atoms with Crippen LogP contribution in [0.5, 0.6) is 0 Å². The average Bonchev–Trinajstić information content (AvgIpc) is 2.97. The van der Waals surface area contributed by atoms with Gasteiger partial charge in [0.15, 0.2) is 0 Å². The fourth-order valence-corrected chi connectivity index (χ4v) is 3.34. The lowest BCUT2D eigenvalue weighted by molar-refractivity contribution is -0.384. The number of carboxylic acids is 1. The molecule has 0 radical (unpaired) electrons. The van der Waals surface area contributed by atoms with Crippen molar-refractivity contribution in [2.75, 3.05) is 6.54 Å². The Morgan fingerprint density at radius 3 is 2.23 bits per heavy atom. The third-order valence-corrected chi connectivity index (χ3v) is 4.89. The Morgan fingerprint density at radius 2 is 1.70 bits per heavy atom. The number of ketones is 1. The van der Waals surface area contributed by atoms with Gasteiger partial charge < -0.3 is 19.9 Å². The van der Waals surface area contributed by atoms with Gasteiger partial charge in [-0.05, 0) is 42.0 Å². The van der Waals surface area contributed by atoms with Crippen molar-refractivity contribution in [2.24, 2.45) is 0 Å². The van der Waals surface area contributed by atoms with Crippen molar-refractivity contribution in [3.63, 3.8) is 0 Å². The summed E-state index contributed by atoms with van der Waals surface area (Å²) in [6.07, 6.45) is -0.530. The SMILES string of the molecule is O=C([O-])CCN1C(=O)C(=O)C(=C(O)c2ccc(Cl)cc2)[C@H]1c1ccc([N+](=O)[O-])cc1. The molecule has 30 heavy (non-hydrogen) atoms. The minimum Gasteiger partial charge on any atom is -0.550 e. The molecule has 1 atom stereocenters. The summed E-state index contributed by atoms with van der Waals surface area (Å²) < 4.78 is 0. The molecule has 2 aromatic carbocycles. The van der Waals surface area contributed by atoms with E-state index in [9.17, 15) is 34.7 Å². The van der Waals surface area contributed by atoms with Crippen LogP contribution in [0.3, 0.4) is 0 Å². The molecule has 9 nitrogen and oxygen atoms in total. The second-order valence-electron chi connectivity index (χ2n) is 6.47. The number of hydrogen-bond donors (Lipinski definition) is 1. The first kappa shape index (κ1) is 21.0. The summed E-state index contributed by atoms with van der Waals surface area (Å²) in [5.74, 6) is -3.87. The Kier molecular flexibility index (Phi) is 5.84. The number of non-ortho nitro benzene ring substituents is 1. The van der Waals surface area contributed by atoms with Gasteiger partial charge in [0.2, 0.25) is 0 Å². The van der Waals surface area contributed by atoms with Crippen LogP contribution in [0, 0.1) is 10.1 Å². The van der Waals surface area contributed by atoms with Gasteiger partial charge in [0.05, 0.1) is 16.5 Å². The van der Waals surface area contributed by atoms with Crippen molar-refractivity contribution in [3.05, 3.63) is 80.4 Å². The molecule has 1 N–H and O–H groups in total.